The van der Waals surface area contributed by atoms with Gasteiger partial charge in [-0.25, -0.2) is 14.4 Å². The maximum atomic E-state index is 13.7. The molecule has 0 amide bonds. The Bertz CT molecular complexity index is 776. The summed E-state index contributed by atoms with van der Waals surface area (Å²) in [6.45, 7) is 0. The van der Waals surface area contributed by atoms with Gasteiger partial charge in [-0.05, 0) is 24.3 Å². The molecule has 0 radical (unpaired) electrons. The van der Waals surface area contributed by atoms with Crippen molar-refractivity contribution >= 4 is 28.7 Å². The molecule has 0 aliphatic heterocycles. The normalized spacial score (nSPS) is 10.2. The van der Waals surface area contributed by atoms with Gasteiger partial charge in [0.25, 0.3) is 0 Å². The highest BCUT2D eigenvalue weighted by atomic mass is 19.1. The van der Waals surface area contributed by atoms with Crippen molar-refractivity contribution < 1.29 is 4.39 Å². The van der Waals surface area contributed by atoms with Crippen LogP contribution in [0.5, 0.6) is 0 Å². The van der Waals surface area contributed by atoms with E-state index in [4.69, 9.17) is 5.73 Å². The molecule has 3 rings (SSSR count). The molecule has 6 heteroatoms. The standard InChI is InChI=1S/C16H14FN5/c17-12-8-4-5-9-13(12)22-16-14(18)15(19-10-20-16)21-11-6-2-1-3-7-11/h1-10H,18H2,(H2,19,20,21,22). The first kappa shape index (κ1) is 13.8. The van der Waals surface area contributed by atoms with Crippen LogP contribution in [-0.2, 0) is 0 Å². The van der Waals surface area contributed by atoms with Crippen molar-refractivity contribution in [2.75, 3.05) is 16.4 Å². The van der Waals surface area contributed by atoms with E-state index in [-0.39, 0.29) is 5.82 Å². The van der Waals surface area contributed by atoms with Crippen molar-refractivity contribution in [2.45, 2.75) is 0 Å². The van der Waals surface area contributed by atoms with Crippen LogP contribution >= 0.6 is 0 Å². The maximum Gasteiger partial charge on any atom is 0.159 e. The summed E-state index contributed by atoms with van der Waals surface area (Å²) in [6, 6.07) is 15.8. The van der Waals surface area contributed by atoms with Crippen LogP contribution in [0.1, 0.15) is 0 Å². The van der Waals surface area contributed by atoms with Gasteiger partial charge in [-0.2, -0.15) is 0 Å². The van der Waals surface area contributed by atoms with Crippen molar-refractivity contribution in [3.8, 4) is 0 Å². The molecule has 0 saturated carbocycles. The van der Waals surface area contributed by atoms with E-state index in [0.717, 1.165) is 5.69 Å². The summed E-state index contributed by atoms with van der Waals surface area (Å²) in [6.07, 6.45) is 1.37. The Balaban J connectivity index is 1.88. The van der Waals surface area contributed by atoms with Gasteiger partial charge < -0.3 is 16.4 Å². The Morgan fingerprint density at radius 1 is 0.818 bits per heavy atom. The number of hydrogen-bond acceptors (Lipinski definition) is 5. The molecule has 0 bridgehead atoms. The average Bonchev–Trinajstić information content (AvgIpc) is 2.54. The van der Waals surface area contributed by atoms with Crippen LogP contribution in [0.2, 0.25) is 0 Å². The first-order valence-electron chi connectivity index (χ1n) is 6.68. The number of hydrogen-bond donors (Lipinski definition) is 3. The number of rotatable bonds is 4. The molecule has 0 atom stereocenters. The summed E-state index contributed by atoms with van der Waals surface area (Å²) in [5.41, 5.74) is 7.53. The molecule has 3 aromatic rings. The largest absolute Gasteiger partial charge is 0.393 e. The van der Waals surface area contributed by atoms with E-state index < -0.39 is 0 Å². The molecule has 4 N–H and O–H groups in total. The quantitative estimate of drug-likeness (QED) is 0.684. The molecule has 1 aromatic heterocycles. The summed E-state index contributed by atoms with van der Waals surface area (Å²) in [4.78, 5) is 8.18. The lowest BCUT2D eigenvalue weighted by molar-refractivity contribution is 0.632. The Morgan fingerprint density at radius 3 is 2.18 bits per heavy atom. The van der Waals surface area contributed by atoms with Gasteiger partial charge in [0.05, 0.1) is 5.69 Å². The van der Waals surface area contributed by atoms with Gasteiger partial charge in [0, 0.05) is 5.69 Å². The molecule has 0 saturated heterocycles. The Kier molecular flexibility index (Phi) is 3.82. The minimum Gasteiger partial charge on any atom is -0.393 e. The highest BCUT2D eigenvalue weighted by Gasteiger charge is 2.10. The van der Waals surface area contributed by atoms with Gasteiger partial charge in [-0.3, -0.25) is 0 Å². The topological polar surface area (TPSA) is 75.9 Å². The van der Waals surface area contributed by atoms with Crippen LogP contribution in [0.4, 0.5) is 33.1 Å². The number of nitrogen functional groups attached to an aromatic ring is 1. The smallest absolute Gasteiger partial charge is 0.159 e. The van der Waals surface area contributed by atoms with E-state index in [1.165, 1.54) is 12.4 Å². The third-order valence-electron chi connectivity index (χ3n) is 3.05. The fourth-order valence-electron chi connectivity index (χ4n) is 1.94. The van der Waals surface area contributed by atoms with Crippen LogP contribution in [0.25, 0.3) is 0 Å². The lowest BCUT2D eigenvalue weighted by Crippen LogP contribution is -2.05. The summed E-state index contributed by atoms with van der Waals surface area (Å²) < 4.78 is 13.7. The molecule has 110 valence electrons. The van der Waals surface area contributed by atoms with Crippen LogP contribution < -0.4 is 16.4 Å². The zero-order valence-corrected chi connectivity index (χ0v) is 11.6. The number of aromatic nitrogens is 2. The van der Waals surface area contributed by atoms with Crippen LogP contribution in [0, 0.1) is 5.82 Å². The second-order valence-electron chi connectivity index (χ2n) is 4.58. The highest BCUT2D eigenvalue weighted by Crippen LogP contribution is 2.28. The van der Waals surface area contributed by atoms with Gasteiger partial charge in [0.15, 0.2) is 11.6 Å². The van der Waals surface area contributed by atoms with Gasteiger partial charge in [0.1, 0.15) is 17.8 Å². The summed E-state index contributed by atoms with van der Waals surface area (Å²) in [5.74, 6) is 0.427. The monoisotopic (exact) mass is 295 g/mol. The predicted molar refractivity (Wildman–Crippen MR) is 85.9 cm³/mol. The number of para-hydroxylation sites is 2. The first-order valence-corrected chi connectivity index (χ1v) is 6.68. The van der Waals surface area contributed by atoms with E-state index in [1.54, 1.807) is 18.2 Å². The maximum absolute atomic E-state index is 13.7. The van der Waals surface area contributed by atoms with Gasteiger partial charge in [-0.1, -0.05) is 30.3 Å². The number of halogens is 1. The lowest BCUT2D eigenvalue weighted by atomic mass is 10.3. The van der Waals surface area contributed by atoms with Crippen LogP contribution in [-0.4, -0.2) is 9.97 Å². The number of anilines is 5. The van der Waals surface area contributed by atoms with Gasteiger partial charge in [0.2, 0.25) is 0 Å². The molecule has 0 aliphatic rings. The molecule has 0 fully saturated rings. The second kappa shape index (κ2) is 6.09. The number of benzene rings is 2. The summed E-state index contributed by atoms with van der Waals surface area (Å²) in [7, 11) is 0. The van der Waals surface area contributed by atoms with Crippen molar-refractivity contribution in [1.82, 2.24) is 9.97 Å². The van der Waals surface area contributed by atoms with E-state index in [0.29, 0.717) is 23.0 Å². The van der Waals surface area contributed by atoms with Crippen molar-refractivity contribution in [3.63, 3.8) is 0 Å². The molecule has 0 aliphatic carbocycles. The molecule has 0 unspecified atom stereocenters. The minimum atomic E-state index is -0.377. The fourth-order valence-corrected chi connectivity index (χ4v) is 1.94. The Hall–Kier alpha value is -3.15. The van der Waals surface area contributed by atoms with E-state index >= 15 is 0 Å². The zero-order chi connectivity index (χ0) is 15.4. The molecule has 5 nitrogen and oxygen atoms in total. The fraction of sp³-hybridized carbons (Fsp3) is 0. The third kappa shape index (κ3) is 2.95. The van der Waals surface area contributed by atoms with Gasteiger partial charge >= 0.3 is 0 Å². The van der Waals surface area contributed by atoms with E-state index in [2.05, 4.69) is 20.6 Å². The number of nitrogens with two attached hydrogens (primary N) is 1. The van der Waals surface area contributed by atoms with Crippen molar-refractivity contribution in [1.29, 1.82) is 0 Å². The zero-order valence-electron chi connectivity index (χ0n) is 11.6. The number of nitrogens with zero attached hydrogens (tertiary/aromatic N) is 2. The minimum absolute atomic E-state index is 0.304. The first-order chi connectivity index (χ1) is 10.7. The molecule has 2 aromatic carbocycles. The van der Waals surface area contributed by atoms with Gasteiger partial charge in [-0.15, -0.1) is 0 Å². The predicted octanol–water partition coefficient (Wildman–Crippen LogP) is 3.69. The Labute approximate surface area is 127 Å². The molecule has 0 spiro atoms. The van der Waals surface area contributed by atoms with Crippen molar-refractivity contribution in [2.24, 2.45) is 0 Å². The lowest BCUT2D eigenvalue weighted by Gasteiger charge is -2.12. The third-order valence-corrected chi connectivity index (χ3v) is 3.05. The molecular formula is C16H14FN5. The van der Waals surface area contributed by atoms with E-state index in [1.807, 2.05) is 30.3 Å². The second-order valence-corrected chi connectivity index (χ2v) is 4.58. The molecule has 22 heavy (non-hydrogen) atoms. The molecular weight excluding hydrogens is 281 g/mol. The molecule has 1 heterocycles. The van der Waals surface area contributed by atoms with Crippen LogP contribution in [0.3, 0.4) is 0 Å². The number of nitrogens with one attached hydrogen (secondary N) is 2. The Morgan fingerprint density at radius 2 is 1.45 bits per heavy atom. The summed E-state index contributed by atoms with van der Waals surface area (Å²) >= 11 is 0. The van der Waals surface area contributed by atoms with Crippen LogP contribution in [0.15, 0.2) is 60.9 Å². The van der Waals surface area contributed by atoms with Crippen molar-refractivity contribution in [3.05, 3.63) is 66.7 Å². The SMILES string of the molecule is Nc1c(Nc2ccccc2)ncnc1Nc1ccccc1F. The average molecular weight is 295 g/mol. The van der Waals surface area contributed by atoms with E-state index in [9.17, 15) is 4.39 Å². The summed E-state index contributed by atoms with van der Waals surface area (Å²) in [5, 5.41) is 5.98. The highest BCUT2D eigenvalue weighted by molar-refractivity contribution is 5.80.